The summed E-state index contributed by atoms with van der Waals surface area (Å²) in [5, 5.41) is 9.12. The molecule has 0 aromatic heterocycles. The number of carbonyl (C=O) groups is 2. The molecule has 1 aromatic carbocycles. The van der Waals surface area contributed by atoms with Gasteiger partial charge in [0.05, 0.1) is 5.69 Å². The number of benzene rings is 1. The Hall–Kier alpha value is -2.11. The fourth-order valence-corrected chi connectivity index (χ4v) is 2.48. The zero-order valence-corrected chi connectivity index (χ0v) is 10.3. The molecule has 0 bridgehead atoms. The van der Waals surface area contributed by atoms with Gasteiger partial charge in [-0.05, 0) is 31.4 Å². The van der Waals surface area contributed by atoms with E-state index < -0.39 is 29.3 Å². The largest absolute Gasteiger partial charge is 0.478 e. The van der Waals surface area contributed by atoms with Crippen LogP contribution in [-0.4, -0.2) is 29.6 Å². The Labute approximate surface area is 109 Å². The van der Waals surface area contributed by atoms with Crippen molar-refractivity contribution in [3.05, 3.63) is 29.6 Å². The SMILES string of the molecule is NC(=O)C1CCCCN1c1cccc(F)c1C(=O)O. The number of nitrogens with two attached hydrogens (primary N) is 1. The van der Waals surface area contributed by atoms with Gasteiger partial charge in [0.1, 0.15) is 17.4 Å². The molecule has 2 rings (SSSR count). The fraction of sp³-hybridized carbons (Fsp3) is 0.385. The number of amides is 1. The number of carbonyl (C=O) groups excluding carboxylic acids is 1. The summed E-state index contributed by atoms with van der Waals surface area (Å²) in [6, 6.07) is 3.46. The van der Waals surface area contributed by atoms with E-state index in [0.29, 0.717) is 13.0 Å². The number of carboxylic acid groups (broad SMARTS) is 1. The molecular formula is C13H15FN2O3. The van der Waals surface area contributed by atoms with Crippen molar-refractivity contribution in [1.29, 1.82) is 0 Å². The molecule has 0 radical (unpaired) electrons. The number of aromatic carboxylic acids is 1. The Kier molecular flexibility index (Phi) is 3.69. The third kappa shape index (κ3) is 2.52. The highest BCUT2D eigenvalue weighted by Gasteiger charge is 2.30. The average Bonchev–Trinajstić information content (AvgIpc) is 2.37. The average molecular weight is 266 g/mol. The molecule has 102 valence electrons. The molecule has 1 unspecified atom stereocenters. The molecule has 1 aromatic rings. The summed E-state index contributed by atoms with van der Waals surface area (Å²) in [5.41, 5.74) is 5.15. The van der Waals surface area contributed by atoms with Crippen molar-refractivity contribution in [3.63, 3.8) is 0 Å². The maximum Gasteiger partial charge on any atom is 0.340 e. The highest BCUT2D eigenvalue weighted by atomic mass is 19.1. The lowest BCUT2D eigenvalue weighted by Gasteiger charge is -2.36. The van der Waals surface area contributed by atoms with Gasteiger partial charge in [-0.15, -0.1) is 0 Å². The molecule has 1 fully saturated rings. The summed E-state index contributed by atoms with van der Waals surface area (Å²) >= 11 is 0. The van der Waals surface area contributed by atoms with E-state index in [1.807, 2.05) is 0 Å². The van der Waals surface area contributed by atoms with E-state index in [2.05, 4.69) is 0 Å². The second-order valence-electron chi connectivity index (χ2n) is 4.55. The molecule has 3 N–H and O–H groups in total. The lowest BCUT2D eigenvalue weighted by atomic mass is 9.99. The van der Waals surface area contributed by atoms with Crippen molar-refractivity contribution in [2.75, 3.05) is 11.4 Å². The lowest BCUT2D eigenvalue weighted by molar-refractivity contribution is -0.119. The molecular weight excluding hydrogens is 251 g/mol. The summed E-state index contributed by atoms with van der Waals surface area (Å²) < 4.78 is 13.7. The van der Waals surface area contributed by atoms with E-state index >= 15 is 0 Å². The van der Waals surface area contributed by atoms with E-state index in [1.165, 1.54) is 12.1 Å². The van der Waals surface area contributed by atoms with Gasteiger partial charge in [-0.3, -0.25) is 4.79 Å². The van der Waals surface area contributed by atoms with Crippen LogP contribution in [0.4, 0.5) is 10.1 Å². The normalized spacial score (nSPS) is 19.2. The number of halogens is 1. The van der Waals surface area contributed by atoms with E-state index in [1.54, 1.807) is 4.90 Å². The zero-order valence-electron chi connectivity index (χ0n) is 10.3. The number of hydrogen-bond acceptors (Lipinski definition) is 3. The van der Waals surface area contributed by atoms with Gasteiger partial charge in [0.2, 0.25) is 5.91 Å². The summed E-state index contributed by atoms with van der Waals surface area (Å²) in [4.78, 5) is 24.2. The Morgan fingerprint density at radius 3 is 2.74 bits per heavy atom. The minimum absolute atomic E-state index is 0.219. The fourth-order valence-electron chi connectivity index (χ4n) is 2.48. The first-order valence-corrected chi connectivity index (χ1v) is 6.10. The molecule has 1 amide bonds. The van der Waals surface area contributed by atoms with Gasteiger partial charge in [-0.2, -0.15) is 0 Å². The topological polar surface area (TPSA) is 83.6 Å². The van der Waals surface area contributed by atoms with E-state index in [9.17, 15) is 14.0 Å². The van der Waals surface area contributed by atoms with Crippen LogP contribution < -0.4 is 10.6 Å². The Balaban J connectivity index is 2.47. The summed E-state index contributed by atoms with van der Waals surface area (Å²) in [7, 11) is 0. The molecule has 5 nitrogen and oxygen atoms in total. The summed E-state index contributed by atoms with van der Waals surface area (Å²) in [5.74, 6) is -2.67. The third-order valence-corrected chi connectivity index (χ3v) is 3.35. The van der Waals surface area contributed by atoms with Crippen molar-refractivity contribution in [1.82, 2.24) is 0 Å². The molecule has 1 saturated heterocycles. The number of nitrogens with zero attached hydrogens (tertiary/aromatic N) is 1. The van der Waals surface area contributed by atoms with E-state index in [-0.39, 0.29) is 5.69 Å². The predicted molar refractivity (Wildman–Crippen MR) is 67.5 cm³/mol. The maximum atomic E-state index is 13.7. The van der Waals surface area contributed by atoms with Crippen LogP contribution in [0.25, 0.3) is 0 Å². The van der Waals surface area contributed by atoms with Crippen LogP contribution in [0.2, 0.25) is 0 Å². The van der Waals surface area contributed by atoms with Crippen LogP contribution in [0.3, 0.4) is 0 Å². The number of carboxylic acids is 1. The lowest BCUT2D eigenvalue weighted by Crippen LogP contribution is -2.48. The molecule has 0 saturated carbocycles. The number of anilines is 1. The minimum atomic E-state index is -1.35. The van der Waals surface area contributed by atoms with Gasteiger partial charge in [-0.1, -0.05) is 6.07 Å². The molecule has 0 aliphatic carbocycles. The minimum Gasteiger partial charge on any atom is -0.478 e. The smallest absolute Gasteiger partial charge is 0.340 e. The number of piperidine rings is 1. The molecule has 6 heteroatoms. The standard InChI is InChI=1S/C13H15FN2O3/c14-8-4-3-6-9(11(8)13(18)19)16-7-2-1-5-10(16)12(15)17/h3-4,6,10H,1-2,5,7H2,(H2,15,17)(H,18,19). The second kappa shape index (κ2) is 5.26. The molecule has 0 spiro atoms. The maximum absolute atomic E-state index is 13.7. The van der Waals surface area contributed by atoms with Gasteiger partial charge in [0, 0.05) is 6.54 Å². The molecule has 1 heterocycles. The Morgan fingerprint density at radius 1 is 1.37 bits per heavy atom. The first kappa shape index (κ1) is 13.3. The zero-order chi connectivity index (χ0) is 14.0. The number of hydrogen-bond donors (Lipinski definition) is 2. The van der Waals surface area contributed by atoms with Gasteiger partial charge in [0.15, 0.2) is 0 Å². The third-order valence-electron chi connectivity index (χ3n) is 3.35. The quantitative estimate of drug-likeness (QED) is 0.865. The van der Waals surface area contributed by atoms with Crippen molar-refractivity contribution >= 4 is 17.6 Å². The van der Waals surface area contributed by atoms with Crippen LogP contribution in [0.1, 0.15) is 29.6 Å². The molecule has 1 atom stereocenters. The van der Waals surface area contributed by atoms with Gasteiger partial charge in [0.25, 0.3) is 0 Å². The van der Waals surface area contributed by atoms with Crippen LogP contribution in [-0.2, 0) is 4.79 Å². The van der Waals surface area contributed by atoms with Crippen LogP contribution in [0.5, 0.6) is 0 Å². The highest BCUT2D eigenvalue weighted by Crippen LogP contribution is 2.29. The summed E-state index contributed by atoms with van der Waals surface area (Å²) in [6.45, 7) is 0.497. The van der Waals surface area contributed by atoms with Crippen molar-refractivity contribution < 1.29 is 19.1 Å². The van der Waals surface area contributed by atoms with Gasteiger partial charge < -0.3 is 15.7 Å². The van der Waals surface area contributed by atoms with Gasteiger partial charge in [-0.25, -0.2) is 9.18 Å². The Morgan fingerprint density at radius 2 is 2.11 bits per heavy atom. The number of primary amides is 1. The second-order valence-corrected chi connectivity index (χ2v) is 4.55. The van der Waals surface area contributed by atoms with E-state index in [4.69, 9.17) is 10.8 Å². The van der Waals surface area contributed by atoms with Crippen LogP contribution in [0, 0.1) is 5.82 Å². The monoisotopic (exact) mass is 266 g/mol. The first-order valence-electron chi connectivity index (χ1n) is 6.10. The van der Waals surface area contributed by atoms with Gasteiger partial charge >= 0.3 is 5.97 Å². The molecule has 1 aliphatic rings. The Bertz CT molecular complexity index is 519. The summed E-state index contributed by atoms with van der Waals surface area (Å²) in [6.07, 6.45) is 2.23. The van der Waals surface area contributed by atoms with E-state index in [0.717, 1.165) is 18.9 Å². The molecule has 19 heavy (non-hydrogen) atoms. The first-order chi connectivity index (χ1) is 9.02. The van der Waals surface area contributed by atoms with Crippen molar-refractivity contribution in [2.45, 2.75) is 25.3 Å². The predicted octanol–water partition coefficient (Wildman–Crippen LogP) is 1.37. The molecule has 1 aliphatic heterocycles. The van der Waals surface area contributed by atoms with Crippen LogP contribution in [0.15, 0.2) is 18.2 Å². The van der Waals surface area contributed by atoms with Crippen molar-refractivity contribution in [3.8, 4) is 0 Å². The highest BCUT2D eigenvalue weighted by molar-refractivity contribution is 5.96. The van der Waals surface area contributed by atoms with Crippen molar-refractivity contribution in [2.24, 2.45) is 5.73 Å². The van der Waals surface area contributed by atoms with Crippen LogP contribution >= 0.6 is 0 Å². The number of rotatable bonds is 3.